The Hall–Kier alpha value is -2.60. The molecular formula is C22H25N3O2S. The molecule has 0 bridgehead atoms. The second-order valence-corrected chi connectivity index (χ2v) is 8.44. The van der Waals surface area contributed by atoms with Crippen LogP contribution in [0.3, 0.4) is 0 Å². The summed E-state index contributed by atoms with van der Waals surface area (Å²) in [5.74, 6) is 2.20. The molecule has 1 aliphatic rings. The highest BCUT2D eigenvalue weighted by atomic mass is 32.1. The first-order chi connectivity index (χ1) is 13.6. The van der Waals surface area contributed by atoms with Crippen LogP contribution in [-0.4, -0.2) is 22.6 Å². The second-order valence-electron chi connectivity index (χ2n) is 7.48. The van der Waals surface area contributed by atoms with Crippen LogP contribution in [0.2, 0.25) is 0 Å². The molecule has 2 heterocycles. The average Bonchev–Trinajstić information content (AvgIpc) is 3.31. The molecule has 146 valence electrons. The summed E-state index contributed by atoms with van der Waals surface area (Å²) in [5.41, 5.74) is 2.98. The molecular weight excluding hydrogens is 370 g/mol. The van der Waals surface area contributed by atoms with Gasteiger partial charge >= 0.3 is 0 Å². The van der Waals surface area contributed by atoms with Gasteiger partial charge in [-0.3, -0.25) is 4.79 Å². The third-order valence-electron chi connectivity index (χ3n) is 5.47. The monoisotopic (exact) mass is 395 g/mol. The molecule has 1 N–H and O–H groups in total. The minimum Gasteiger partial charge on any atom is -0.497 e. The highest BCUT2D eigenvalue weighted by molar-refractivity contribution is 7.10. The molecule has 2 unspecified atom stereocenters. The van der Waals surface area contributed by atoms with Crippen molar-refractivity contribution in [3.63, 3.8) is 0 Å². The van der Waals surface area contributed by atoms with Gasteiger partial charge in [0.25, 0.3) is 5.91 Å². The number of rotatable bonds is 5. The third-order valence-corrected chi connectivity index (χ3v) is 6.52. The molecule has 0 radical (unpaired) electrons. The molecule has 5 nitrogen and oxygen atoms in total. The van der Waals surface area contributed by atoms with Crippen molar-refractivity contribution in [2.75, 3.05) is 7.11 Å². The van der Waals surface area contributed by atoms with Gasteiger partial charge in [0, 0.05) is 29.7 Å². The van der Waals surface area contributed by atoms with Gasteiger partial charge < -0.3 is 14.6 Å². The van der Waals surface area contributed by atoms with E-state index in [1.165, 1.54) is 10.4 Å². The molecule has 3 aromatic rings. The smallest absolute Gasteiger partial charge is 0.253 e. The van der Waals surface area contributed by atoms with Gasteiger partial charge in [0.2, 0.25) is 0 Å². The minimum absolute atomic E-state index is 0.0390. The van der Waals surface area contributed by atoms with E-state index in [9.17, 15) is 4.79 Å². The number of aryl methyl sites for hydroxylation is 1. The summed E-state index contributed by atoms with van der Waals surface area (Å²) in [6.45, 7) is 2.28. The molecule has 0 aliphatic heterocycles. The number of benzene rings is 1. The van der Waals surface area contributed by atoms with Gasteiger partial charge in [0.05, 0.1) is 12.7 Å². The van der Waals surface area contributed by atoms with Crippen LogP contribution in [0.5, 0.6) is 5.75 Å². The van der Waals surface area contributed by atoms with E-state index in [1.54, 1.807) is 24.6 Å². The van der Waals surface area contributed by atoms with Crippen LogP contribution in [0.1, 0.15) is 51.6 Å². The first-order valence-corrected chi connectivity index (χ1v) is 10.5. The van der Waals surface area contributed by atoms with Crippen LogP contribution < -0.4 is 10.1 Å². The van der Waals surface area contributed by atoms with Crippen LogP contribution >= 0.6 is 11.3 Å². The zero-order valence-corrected chi connectivity index (χ0v) is 17.3. The predicted octanol–water partition coefficient (Wildman–Crippen LogP) is 4.13. The van der Waals surface area contributed by atoms with Crippen LogP contribution in [0.15, 0.2) is 42.0 Å². The number of ether oxygens (including phenoxy) is 1. The molecule has 1 amide bonds. The molecule has 1 aliphatic carbocycles. The Kier molecular flexibility index (Phi) is 5.22. The highest BCUT2D eigenvalue weighted by Gasteiger charge is 2.27. The maximum atomic E-state index is 13.2. The van der Waals surface area contributed by atoms with Gasteiger partial charge in [-0.1, -0.05) is 19.1 Å². The molecule has 1 aromatic carbocycles. The van der Waals surface area contributed by atoms with Crippen LogP contribution in [0.4, 0.5) is 0 Å². The summed E-state index contributed by atoms with van der Waals surface area (Å²) < 4.78 is 7.32. The Morgan fingerprint density at radius 1 is 1.43 bits per heavy atom. The van der Waals surface area contributed by atoms with Crippen LogP contribution in [-0.2, 0) is 19.9 Å². The number of nitrogens with zero attached hydrogens (tertiary/aromatic N) is 2. The summed E-state index contributed by atoms with van der Waals surface area (Å²) in [6, 6.07) is 7.43. The van der Waals surface area contributed by atoms with Gasteiger partial charge in [-0.05, 0) is 48.4 Å². The number of imidazole rings is 1. The van der Waals surface area contributed by atoms with Crippen LogP contribution in [0.25, 0.3) is 0 Å². The topological polar surface area (TPSA) is 56.1 Å². The number of hydrogen-bond donors (Lipinski definition) is 1. The Bertz CT molecular complexity index is 991. The predicted molar refractivity (Wildman–Crippen MR) is 111 cm³/mol. The van der Waals surface area contributed by atoms with Gasteiger partial charge in [-0.2, -0.15) is 0 Å². The Morgan fingerprint density at radius 2 is 2.29 bits per heavy atom. The van der Waals surface area contributed by atoms with Gasteiger partial charge in [-0.15, -0.1) is 11.3 Å². The zero-order valence-electron chi connectivity index (χ0n) is 16.4. The third kappa shape index (κ3) is 3.56. The summed E-state index contributed by atoms with van der Waals surface area (Å²) in [7, 11) is 3.58. The SMILES string of the molecule is COc1cccc(C(NC(=O)c2csc3c2CCC(C)C3)c2nccn2C)c1. The number of carbonyl (C=O) groups is 1. The summed E-state index contributed by atoms with van der Waals surface area (Å²) in [5, 5.41) is 5.23. The first-order valence-electron chi connectivity index (χ1n) is 9.58. The van der Waals surface area contributed by atoms with Crippen molar-refractivity contribution in [3.8, 4) is 5.75 Å². The first kappa shape index (κ1) is 18.7. The molecule has 6 heteroatoms. The fraction of sp³-hybridized carbons (Fsp3) is 0.364. The molecule has 0 saturated carbocycles. The molecule has 2 atom stereocenters. The number of hydrogen-bond acceptors (Lipinski definition) is 4. The van der Waals surface area contributed by atoms with Crippen molar-refractivity contribution >= 4 is 17.2 Å². The Labute approximate surface area is 169 Å². The molecule has 28 heavy (non-hydrogen) atoms. The molecule has 0 fully saturated rings. The van der Waals surface area contributed by atoms with Crippen molar-refractivity contribution in [2.24, 2.45) is 13.0 Å². The normalized spacial score (nSPS) is 17.0. The summed E-state index contributed by atoms with van der Waals surface area (Å²) in [6.07, 6.45) is 6.84. The van der Waals surface area contributed by atoms with Crippen molar-refractivity contribution in [1.29, 1.82) is 0 Å². The van der Waals surface area contributed by atoms with E-state index in [0.717, 1.165) is 42.0 Å². The maximum absolute atomic E-state index is 13.2. The number of fused-ring (bicyclic) bond motifs is 1. The fourth-order valence-corrected chi connectivity index (χ4v) is 5.09. The quantitative estimate of drug-likeness (QED) is 0.707. The summed E-state index contributed by atoms with van der Waals surface area (Å²) >= 11 is 1.71. The Balaban J connectivity index is 1.67. The van der Waals surface area contributed by atoms with Gasteiger partial charge in [0.1, 0.15) is 17.6 Å². The zero-order chi connectivity index (χ0) is 19.7. The lowest BCUT2D eigenvalue weighted by atomic mass is 9.88. The minimum atomic E-state index is -0.347. The van der Waals surface area contributed by atoms with Crippen molar-refractivity contribution in [3.05, 3.63) is 69.4 Å². The number of nitrogens with one attached hydrogen (secondary N) is 1. The van der Waals surface area contributed by atoms with E-state index in [1.807, 2.05) is 47.5 Å². The number of methoxy groups -OCH3 is 1. The number of carbonyl (C=O) groups excluding carboxylic acids is 1. The molecule has 0 spiro atoms. The van der Waals surface area contributed by atoms with Crippen molar-refractivity contribution in [2.45, 2.75) is 32.2 Å². The lowest BCUT2D eigenvalue weighted by molar-refractivity contribution is 0.0940. The Morgan fingerprint density at radius 3 is 3.04 bits per heavy atom. The molecule has 2 aromatic heterocycles. The summed E-state index contributed by atoms with van der Waals surface area (Å²) in [4.78, 5) is 19.1. The number of thiophene rings is 1. The molecule has 4 rings (SSSR count). The van der Waals surface area contributed by atoms with Crippen molar-refractivity contribution in [1.82, 2.24) is 14.9 Å². The van der Waals surface area contributed by atoms with E-state index in [2.05, 4.69) is 17.2 Å². The van der Waals surface area contributed by atoms with E-state index in [-0.39, 0.29) is 11.9 Å². The lowest BCUT2D eigenvalue weighted by Gasteiger charge is -2.21. The van der Waals surface area contributed by atoms with Crippen molar-refractivity contribution < 1.29 is 9.53 Å². The van der Waals surface area contributed by atoms with E-state index >= 15 is 0 Å². The van der Waals surface area contributed by atoms with Gasteiger partial charge in [-0.25, -0.2) is 4.98 Å². The number of aromatic nitrogens is 2. The van der Waals surface area contributed by atoms with E-state index in [4.69, 9.17) is 4.74 Å². The standard InChI is InChI=1S/C22H25N3O2S/c1-14-7-8-17-18(13-28-19(17)11-14)22(26)24-20(21-23-9-10-25(21)2)15-5-4-6-16(12-15)27-3/h4-6,9-10,12-14,20H,7-8,11H2,1-3H3,(H,24,26). The number of amides is 1. The van der Waals surface area contributed by atoms with Gasteiger partial charge in [0.15, 0.2) is 0 Å². The second kappa shape index (κ2) is 7.80. The largest absolute Gasteiger partial charge is 0.497 e. The maximum Gasteiger partial charge on any atom is 0.253 e. The average molecular weight is 396 g/mol. The molecule has 0 saturated heterocycles. The fourth-order valence-electron chi connectivity index (χ4n) is 3.85. The lowest BCUT2D eigenvalue weighted by Crippen LogP contribution is -2.31. The van der Waals surface area contributed by atoms with E-state index < -0.39 is 0 Å². The van der Waals surface area contributed by atoms with Crippen LogP contribution in [0, 0.1) is 5.92 Å². The van der Waals surface area contributed by atoms with E-state index in [0.29, 0.717) is 5.92 Å². The highest BCUT2D eigenvalue weighted by Crippen LogP contribution is 2.33.